The number of benzene rings is 1. The van der Waals surface area contributed by atoms with Gasteiger partial charge in [-0.3, -0.25) is 0 Å². The summed E-state index contributed by atoms with van der Waals surface area (Å²) in [6.07, 6.45) is 0. The number of carbonyl (C=O) groups is 1. The third kappa shape index (κ3) is 3.90. The highest BCUT2D eigenvalue weighted by atomic mass is 79.9. The van der Waals surface area contributed by atoms with Crippen LogP contribution in [-0.2, 0) is 9.53 Å². The summed E-state index contributed by atoms with van der Waals surface area (Å²) in [4.78, 5) is 11.0. The van der Waals surface area contributed by atoms with Gasteiger partial charge < -0.3 is 19.9 Å². The average Bonchev–Trinajstić information content (AvgIpc) is 2.28. The van der Waals surface area contributed by atoms with E-state index >= 15 is 0 Å². The van der Waals surface area contributed by atoms with Gasteiger partial charge in [0.15, 0.2) is 0 Å². The Morgan fingerprint density at radius 2 is 2.24 bits per heavy atom. The number of methoxy groups -OCH3 is 2. The van der Waals surface area contributed by atoms with E-state index in [0.717, 1.165) is 4.47 Å². The number of nitrogens with one attached hydrogen (secondary N) is 1. The zero-order valence-corrected chi connectivity index (χ0v) is 11.2. The largest absolute Gasteiger partial charge is 0.495 e. The zero-order valence-electron chi connectivity index (χ0n) is 9.57. The van der Waals surface area contributed by atoms with Crippen molar-refractivity contribution in [2.75, 3.05) is 26.1 Å². The van der Waals surface area contributed by atoms with Crippen molar-refractivity contribution in [1.82, 2.24) is 0 Å². The lowest BCUT2D eigenvalue weighted by atomic mass is 10.2. The van der Waals surface area contributed by atoms with Gasteiger partial charge in [0, 0.05) is 11.6 Å². The van der Waals surface area contributed by atoms with Crippen LogP contribution < -0.4 is 10.1 Å². The van der Waals surface area contributed by atoms with E-state index in [1.54, 1.807) is 12.1 Å². The Balaban J connectivity index is 2.91. The summed E-state index contributed by atoms with van der Waals surface area (Å²) in [6.45, 7) is 0.0744. The lowest BCUT2D eigenvalue weighted by molar-refractivity contribution is -0.139. The molecular formula is C11H14BrNO4. The lowest BCUT2D eigenvalue weighted by Crippen LogP contribution is -2.33. The summed E-state index contributed by atoms with van der Waals surface area (Å²) in [6, 6.07) is 4.50. The molecule has 0 aliphatic rings. The first kappa shape index (κ1) is 13.8. The van der Waals surface area contributed by atoms with E-state index in [0.29, 0.717) is 11.4 Å². The van der Waals surface area contributed by atoms with E-state index in [1.807, 2.05) is 6.07 Å². The van der Waals surface area contributed by atoms with E-state index < -0.39 is 12.0 Å². The first-order valence-corrected chi connectivity index (χ1v) is 5.69. The van der Waals surface area contributed by atoms with Gasteiger partial charge in [0.2, 0.25) is 0 Å². The number of anilines is 1. The Morgan fingerprint density at radius 3 is 2.76 bits per heavy atom. The molecule has 94 valence electrons. The second-order valence-corrected chi connectivity index (χ2v) is 4.25. The highest BCUT2D eigenvalue weighted by Crippen LogP contribution is 2.28. The molecule has 0 saturated heterocycles. The predicted octanol–water partition coefficient (Wildman–Crippen LogP) is 1.97. The Bertz CT molecular complexity index is 397. The summed E-state index contributed by atoms with van der Waals surface area (Å²) < 4.78 is 10.8. The summed E-state index contributed by atoms with van der Waals surface area (Å²) in [5, 5.41) is 11.9. The molecule has 0 aromatic heterocycles. The Kier molecular flexibility index (Phi) is 5.24. The highest BCUT2D eigenvalue weighted by Gasteiger charge is 2.18. The Hall–Kier alpha value is -1.27. The minimum Gasteiger partial charge on any atom is -0.495 e. The molecule has 6 heteroatoms. The third-order valence-electron chi connectivity index (χ3n) is 2.12. The molecule has 0 radical (unpaired) electrons. The van der Waals surface area contributed by atoms with Crippen molar-refractivity contribution in [2.45, 2.75) is 6.04 Å². The number of carboxylic acid groups (broad SMARTS) is 1. The van der Waals surface area contributed by atoms with Crippen LogP contribution in [0.15, 0.2) is 22.7 Å². The molecule has 0 bridgehead atoms. The molecule has 2 N–H and O–H groups in total. The van der Waals surface area contributed by atoms with Gasteiger partial charge in [0.25, 0.3) is 0 Å². The normalized spacial score (nSPS) is 11.9. The first-order chi connectivity index (χ1) is 8.08. The van der Waals surface area contributed by atoms with E-state index in [4.69, 9.17) is 14.6 Å². The van der Waals surface area contributed by atoms with Crippen molar-refractivity contribution in [2.24, 2.45) is 0 Å². The second-order valence-electron chi connectivity index (χ2n) is 3.34. The number of hydrogen-bond donors (Lipinski definition) is 2. The van der Waals surface area contributed by atoms with Gasteiger partial charge in [-0.25, -0.2) is 4.79 Å². The van der Waals surface area contributed by atoms with Crippen LogP contribution in [0.3, 0.4) is 0 Å². The Morgan fingerprint density at radius 1 is 1.53 bits per heavy atom. The first-order valence-electron chi connectivity index (χ1n) is 4.90. The molecule has 0 heterocycles. The van der Waals surface area contributed by atoms with E-state index in [-0.39, 0.29) is 6.61 Å². The summed E-state index contributed by atoms with van der Waals surface area (Å²) in [5.74, 6) is -0.399. The number of ether oxygens (including phenoxy) is 2. The van der Waals surface area contributed by atoms with Crippen molar-refractivity contribution in [3.8, 4) is 5.75 Å². The SMILES string of the molecule is COCC(Nc1cc(Br)ccc1OC)C(=O)O. The van der Waals surface area contributed by atoms with Gasteiger partial charge in [-0.2, -0.15) is 0 Å². The highest BCUT2D eigenvalue weighted by molar-refractivity contribution is 9.10. The number of halogens is 1. The molecule has 0 amide bonds. The van der Waals surface area contributed by atoms with Crippen molar-refractivity contribution < 1.29 is 19.4 Å². The molecule has 1 aromatic carbocycles. The minimum absolute atomic E-state index is 0.0744. The van der Waals surface area contributed by atoms with Gasteiger partial charge in [0.1, 0.15) is 11.8 Å². The molecule has 0 saturated carbocycles. The van der Waals surface area contributed by atoms with E-state index in [1.165, 1.54) is 14.2 Å². The summed E-state index contributed by atoms with van der Waals surface area (Å²) in [7, 11) is 2.98. The standard InChI is InChI=1S/C11H14BrNO4/c1-16-6-9(11(14)15)13-8-5-7(12)3-4-10(8)17-2/h3-5,9,13H,6H2,1-2H3,(H,14,15). The van der Waals surface area contributed by atoms with Crippen LogP contribution in [-0.4, -0.2) is 37.9 Å². The molecule has 0 spiro atoms. The zero-order chi connectivity index (χ0) is 12.8. The van der Waals surface area contributed by atoms with Gasteiger partial charge in [-0.15, -0.1) is 0 Å². The second kappa shape index (κ2) is 6.46. The monoisotopic (exact) mass is 303 g/mol. The number of aliphatic carboxylic acids is 1. The fourth-order valence-electron chi connectivity index (χ4n) is 1.32. The Labute approximate surface area is 108 Å². The number of rotatable bonds is 6. The fourth-order valence-corrected chi connectivity index (χ4v) is 1.68. The van der Waals surface area contributed by atoms with Crippen molar-refractivity contribution in [1.29, 1.82) is 0 Å². The smallest absolute Gasteiger partial charge is 0.328 e. The molecule has 0 aliphatic heterocycles. The predicted molar refractivity (Wildman–Crippen MR) is 67.6 cm³/mol. The minimum atomic E-state index is -0.978. The van der Waals surface area contributed by atoms with Gasteiger partial charge in [0.05, 0.1) is 19.4 Å². The average molecular weight is 304 g/mol. The van der Waals surface area contributed by atoms with Gasteiger partial charge >= 0.3 is 5.97 Å². The summed E-state index contributed by atoms with van der Waals surface area (Å²) in [5.41, 5.74) is 0.603. The molecule has 0 aliphatic carbocycles. The van der Waals surface area contributed by atoms with Crippen LogP contribution in [0.25, 0.3) is 0 Å². The van der Waals surface area contributed by atoms with Crippen LogP contribution >= 0.6 is 15.9 Å². The maximum absolute atomic E-state index is 11.0. The quantitative estimate of drug-likeness (QED) is 0.841. The van der Waals surface area contributed by atoms with Crippen LogP contribution in [0.4, 0.5) is 5.69 Å². The third-order valence-corrected chi connectivity index (χ3v) is 2.62. The molecule has 1 unspecified atom stereocenters. The topological polar surface area (TPSA) is 67.8 Å². The maximum atomic E-state index is 11.0. The van der Waals surface area contributed by atoms with E-state index in [2.05, 4.69) is 21.2 Å². The molecule has 0 fully saturated rings. The number of hydrogen-bond acceptors (Lipinski definition) is 4. The molecule has 1 atom stereocenters. The van der Waals surface area contributed by atoms with Crippen molar-refractivity contribution >= 4 is 27.6 Å². The molecule has 1 rings (SSSR count). The molecule has 5 nitrogen and oxygen atoms in total. The molecule has 17 heavy (non-hydrogen) atoms. The molecule has 1 aromatic rings. The molecular weight excluding hydrogens is 290 g/mol. The van der Waals surface area contributed by atoms with E-state index in [9.17, 15) is 4.79 Å². The number of carboxylic acids is 1. The fraction of sp³-hybridized carbons (Fsp3) is 0.364. The van der Waals surface area contributed by atoms with Crippen LogP contribution in [0, 0.1) is 0 Å². The summed E-state index contributed by atoms with van der Waals surface area (Å²) >= 11 is 3.32. The van der Waals surface area contributed by atoms with Crippen molar-refractivity contribution in [3.63, 3.8) is 0 Å². The van der Waals surface area contributed by atoms with Gasteiger partial charge in [-0.1, -0.05) is 15.9 Å². The van der Waals surface area contributed by atoms with Crippen LogP contribution in [0.2, 0.25) is 0 Å². The van der Waals surface area contributed by atoms with Gasteiger partial charge in [-0.05, 0) is 18.2 Å². The van der Waals surface area contributed by atoms with Crippen LogP contribution in [0.1, 0.15) is 0 Å². The van der Waals surface area contributed by atoms with Crippen LogP contribution in [0.5, 0.6) is 5.75 Å². The maximum Gasteiger partial charge on any atom is 0.328 e. The lowest BCUT2D eigenvalue weighted by Gasteiger charge is -2.17. The van der Waals surface area contributed by atoms with Crippen molar-refractivity contribution in [3.05, 3.63) is 22.7 Å².